The Hall–Kier alpha value is -2.90. The minimum atomic E-state index is -0.574. The molecule has 0 aliphatic carbocycles. The standard InChI is InChI=1S/C20H26N6O3S/c1-12-7-18(30-26-12)24-15-8-13(10-22-16(15)9-21)23-14-5-6-28-11-17(14)25-19(27)29-20(2,3)4/h7-8,10,14,17,23-24H,5-6,11H2,1-4H3,(H,25,27)/t14-,17+/m1/s1. The van der Waals surface area contributed by atoms with Crippen molar-refractivity contribution in [2.24, 2.45) is 0 Å². The normalized spacial score (nSPS) is 18.9. The Morgan fingerprint density at radius 1 is 1.37 bits per heavy atom. The number of anilines is 3. The van der Waals surface area contributed by atoms with Crippen molar-refractivity contribution in [1.82, 2.24) is 14.7 Å². The highest BCUT2D eigenvalue weighted by molar-refractivity contribution is 7.10. The van der Waals surface area contributed by atoms with E-state index in [1.807, 2.05) is 39.8 Å². The summed E-state index contributed by atoms with van der Waals surface area (Å²) < 4.78 is 15.1. The number of aromatic nitrogens is 2. The smallest absolute Gasteiger partial charge is 0.408 e. The van der Waals surface area contributed by atoms with Gasteiger partial charge in [-0.1, -0.05) is 0 Å². The van der Waals surface area contributed by atoms with E-state index in [2.05, 4.69) is 31.4 Å². The van der Waals surface area contributed by atoms with Gasteiger partial charge in [-0.05, 0) is 57.8 Å². The quantitative estimate of drug-likeness (QED) is 0.658. The van der Waals surface area contributed by atoms with Gasteiger partial charge >= 0.3 is 6.09 Å². The summed E-state index contributed by atoms with van der Waals surface area (Å²) in [7, 11) is 0. The van der Waals surface area contributed by atoms with Crippen molar-refractivity contribution >= 4 is 34.0 Å². The first-order valence-corrected chi connectivity index (χ1v) is 10.4. The van der Waals surface area contributed by atoms with Gasteiger partial charge in [0, 0.05) is 6.61 Å². The van der Waals surface area contributed by atoms with Crippen LogP contribution in [0.2, 0.25) is 0 Å². The van der Waals surface area contributed by atoms with E-state index >= 15 is 0 Å². The Morgan fingerprint density at radius 2 is 2.17 bits per heavy atom. The number of hydrogen-bond donors (Lipinski definition) is 3. The third-order valence-electron chi connectivity index (χ3n) is 4.29. The van der Waals surface area contributed by atoms with Gasteiger partial charge in [-0.15, -0.1) is 0 Å². The number of aryl methyl sites for hydroxylation is 1. The largest absolute Gasteiger partial charge is 0.444 e. The zero-order valence-electron chi connectivity index (χ0n) is 17.5. The van der Waals surface area contributed by atoms with Crippen molar-refractivity contribution in [1.29, 1.82) is 5.26 Å². The highest BCUT2D eigenvalue weighted by atomic mass is 32.1. The van der Waals surface area contributed by atoms with Crippen molar-refractivity contribution in [2.75, 3.05) is 23.8 Å². The molecule has 0 spiro atoms. The second kappa shape index (κ2) is 9.28. The topological polar surface area (TPSA) is 121 Å². The van der Waals surface area contributed by atoms with Crippen LogP contribution in [0.5, 0.6) is 0 Å². The first kappa shape index (κ1) is 21.8. The zero-order chi connectivity index (χ0) is 21.7. The lowest BCUT2D eigenvalue weighted by Gasteiger charge is -2.34. The Morgan fingerprint density at radius 3 is 2.83 bits per heavy atom. The minimum Gasteiger partial charge on any atom is -0.444 e. The fourth-order valence-electron chi connectivity index (χ4n) is 3.01. The highest BCUT2D eigenvalue weighted by Crippen LogP contribution is 2.26. The molecule has 160 valence electrons. The fourth-order valence-corrected chi connectivity index (χ4v) is 3.68. The molecule has 2 aromatic rings. The number of hydrogen-bond acceptors (Lipinski definition) is 9. The van der Waals surface area contributed by atoms with Gasteiger partial charge in [-0.25, -0.2) is 9.78 Å². The number of amides is 1. The van der Waals surface area contributed by atoms with E-state index in [1.165, 1.54) is 11.5 Å². The Bertz CT molecular complexity index is 933. The number of carbonyl (C=O) groups excluding carboxylic acids is 1. The molecule has 1 aliphatic heterocycles. The number of rotatable bonds is 5. The van der Waals surface area contributed by atoms with Crippen LogP contribution in [0.25, 0.3) is 0 Å². The predicted molar refractivity (Wildman–Crippen MR) is 115 cm³/mol. The van der Waals surface area contributed by atoms with Crippen molar-refractivity contribution in [3.05, 3.63) is 29.7 Å². The van der Waals surface area contributed by atoms with Crippen LogP contribution in [0.1, 0.15) is 38.6 Å². The molecular formula is C20H26N6O3S. The summed E-state index contributed by atoms with van der Waals surface area (Å²) in [6.07, 6.45) is 1.84. The van der Waals surface area contributed by atoms with Gasteiger partial charge in [0.1, 0.15) is 16.7 Å². The molecule has 1 amide bonds. The highest BCUT2D eigenvalue weighted by Gasteiger charge is 2.29. The maximum absolute atomic E-state index is 12.2. The molecule has 3 rings (SSSR count). The van der Waals surface area contributed by atoms with Crippen LogP contribution < -0.4 is 16.0 Å². The lowest BCUT2D eigenvalue weighted by molar-refractivity contribution is 0.0318. The average molecular weight is 431 g/mol. The summed E-state index contributed by atoms with van der Waals surface area (Å²) in [6, 6.07) is 5.51. The second-order valence-corrected chi connectivity index (χ2v) is 8.86. The summed E-state index contributed by atoms with van der Waals surface area (Å²) in [5, 5.41) is 19.7. The van der Waals surface area contributed by atoms with Gasteiger partial charge in [0.2, 0.25) is 0 Å². The molecule has 1 fully saturated rings. The van der Waals surface area contributed by atoms with E-state index in [0.717, 1.165) is 16.4 Å². The number of pyridine rings is 1. The van der Waals surface area contributed by atoms with Crippen LogP contribution in [0.15, 0.2) is 18.3 Å². The molecule has 0 unspecified atom stereocenters. The van der Waals surface area contributed by atoms with Crippen LogP contribution >= 0.6 is 11.5 Å². The second-order valence-electron chi connectivity index (χ2n) is 8.06. The molecule has 0 bridgehead atoms. The molecule has 0 radical (unpaired) electrons. The predicted octanol–water partition coefficient (Wildman–Crippen LogP) is 3.56. The van der Waals surface area contributed by atoms with E-state index < -0.39 is 11.7 Å². The van der Waals surface area contributed by atoms with Crippen LogP contribution in [0, 0.1) is 18.3 Å². The summed E-state index contributed by atoms with van der Waals surface area (Å²) in [4.78, 5) is 16.4. The minimum absolute atomic E-state index is 0.0699. The Kier molecular flexibility index (Phi) is 6.74. The summed E-state index contributed by atoms with van der Waals surface area (Å²) in [5.41, 5.74) is 1.95. The van der Waals surface area contributed by atoms with Crippen molar-refractivity contribution in [3.8, 4) is 6.07 Å². The van der Waals surface area contributed by atoms with Crippen molar-refractivity contribution in [2.45, 2.75) is 51.8 Å². The number of alkyl carbamates (subject to hydrolysis) is 1. The van der Waals surface area contributed by atoms with Gasteiger partial charge < -0.3 is 25.4 Å². The average Bonchev–Trinajstić information content (AvgIpc) is 3.07. The van der Waals surface area contributed by atoms with Gasteiger partial charge in [-0.2, -0.15) is 9.64 Å². The molecular weight excluding hydrogens is 404 g/mol. The molecule has 0 aromatic carbocycles. The van der Waals surface area contributed by atoms with E-state index in [0.29, 0.717) is 31.0 Å². The molecule has 1 aliphatic rings. The molecule has 2 atom stereocenters. The van der Waals surface area contributed by atoms with Gasteiger partial charge in [0.25, 0.3) is 0 Å². The molecule has 0 saturated carbocycles. The lowest BCUT2D eigenvalue weighted by Crippen LogP contribution is -2.53. The van der Waals surface area contributed by atoms with E-state index in [1.54, 1.807) is 6.20 Å². The van der Waals surface area contributed by atoms with Crippen LogP contribution in [-0.2, 0) is 9.47 Å². The SMILES string of the molecule is Cc1cc(Nc2cc(N[C@@H]3CCOC[C@@H]3NC(=O)OC(C)(C)C)cnc2C#N)sn1. The van der Waals surface area contributed by atoms with Gasteiger partial charge in [-0.3, -0.25) is 0 Å². The Balaban J connectivity index is 1.72. The number of nitrogens with zero attached hydrogens (tertiary/aromatic N) is 3. The molecule has 30 heavy (non-hydrogen) atoms. The maximum Gasteiger partial charge on any atom is 0.408 e. The van der Waals surface area contributed by atoms with E-state index in [9.17, 15) is 10.1 Å². The monoisotopic (exact) mass is 430 g/mol. The molecule has 3 N–H and O–H groups in total. The zero-order valence-corrected chi connectivity index (χ0v) is 18.3. The first-order chi connectivity index (χ1) is 14.2. The molecule has 10 heteroatoms. The summed E-state index contributed by atoms with van der Waals surface area (Å²) >= 11 is 1.32. The van der Waals surface area contributed by atoms with E-state index in [4.69, 9.17) is 9.47 Å². The molecule has 3 heterocycles. The van der Waals surface area contributed by atoms with Gasteiger partial charge in [0.05, 0.1) is 42.0 Å². The van der Waals surface area contributed by atoms with Crippen LogP contribution in [0.4, 0.5) is 21.2 Å². The summed E-state index contributed by atoms with van der Waals surface area (Å²) in [5.74, 6) is 0. The Labute approximate surface area is 180 Å². The molecule has 2 aromatic heterocycles. The number of ether oxygens (including phenoxy) is 2. The molecule has 9 nitrogen and oxygen atoms in total. The fraction of sp³-hybridized carbons (Fsp3) is 0.500. The van der Waals surface area contributed by atoms with Gasteiger partial charge in [0.15, 0.2) is 5.69 Å². The number of carbonyl (C=O) groups is 1. The van der Waals surface area contributed by atoms with Crippen molar-refractivity contribution in [3.63, 3.8) is 0 Å². The van der Waals surface area contributed by atoms with E-state index in [-0.39, 0.29) is 12.1 Å². The maximum atomic E-state index is 12.2. The molecule has 1 saturated heterocycles. The van der Waals surface area contributed by atoms with Crippen LogP contribution in [0.3, 0.4) is 0 Å². The van der Waals surface area contributed by atoms with Crippen LogP contribution in [-0.4, -0.2) is 46.3 Å². The first-order valence-electron chi connectivity index (χ1n) is 9.68. The number of nitrogens with one attached hydrogen (secondary N) is 3. The third kappa shape index (κ3) is 6.05. The third-order valence-corrected chi connectivity index (χ3v) is 5.09. The summed E-state index contributed by atoms with van der Waals surface area (Å²) in [6.45, 7) is 8.33. The lowest BCUT2D eigenvalue weighted by atomic mass is 10.0. The number of nitriles is 1. The van der Waals surface area contributed by atoms with Crippen molar-refractivity contribution < 1.29 is 14.3 Å².